The molecule has 0 aliphatic heterocycles. The lowest BCUT2D eigenvalue weighted by atomic mass is 9.83. The number of aromatic nitrogens is 1. The zero-order valence-electron chi connectivity index (χ0n) is 16.9. The van der Waals surface area contributed by atoms with Crippen molar-refractivity contribution < 1.29 is 4.79 Å². The van der Waals surface area contributed by atoms with Crippen LogP contribution in [0.2, 0.25) is 0 Å². The second kappa shape index (κ2) is 9.32. The van der Waals surface area contributed by atoms with Crippen LogP contribution in [0.1, 0.15) is 42.0 Å². The van der Waals surface area contributed by atoms with Crippen LogP contribution in [0.3, 0.4) is 0 Å². The quantitative estimate of drug-likeness (QED) is 0.546. The van der Waals surface area contributed by atoms with Crippen molar-refractivity contribution in [1.29, 1.82) is 0 Å². The molecule has 0 spiro atoms. The molecule has 0 saturated heterocycles. The molecule has 0 saturated carbocycles. The number of ketones is 1. The number of rotatable bonds is 8. The van der Waals surface area contributed by atoms with E-state index in [0.717, 1.165) is 35.3 Å². The van der Waals surface area contributed by atoms with Crippen molar-refractivity contribution in [2.24, 2.45) is 0 Å². The Hall–Kier alpha value is -2.94. The molecule has 0 bridgehead atoms. The number of anilines is 1. The fourth-order valence-corrected chi connectivity index (χ4v) is 3.72. The van der Waals surface area contributed by atoms with Crippen LogP contribution in [0.4, 0.5) is 5.69 Å². The smallest absolute Gasteiger partial charge is 0.149 e. The first-order valence-corrected chi connectivity index (χ1v) is 9.96. The molecule has 28 heavy (non-hydrogen) atoms. The largest absolute Gasteiger partial charge is 0.372 e. The second-order valence-corrected chi connectivity index (χ2v) is 7.05. The van der Waals surface area contributed by atoms with Crippen LogP contribution in [-0.2, 0) is 11.2 Å². The molecule has 1 aromatic heterocycles. The molecule has 3 nitrogen and oxygen atoms in total. The molecular formula is C25H28N2O. The number of pyridine rings is 1. The summed E-state index contributed by atoms with van der Waals surface area (Å²) in [4.78, 5) is 19.7. The normalized spacial score (nSPS) is 11.8. The number of benzene rings is 2. The van der Waals surface area contributed by atoms with Gasteiger partial charge in [0, 0.05) is 37.6 Å². The third-order valence-electron chi connectivity index (χ3n) is 5.30. The van der Waals surface area contributed by atoms with Gasteiger partial charge in [0.2, 0.25) is 0 Å². The number of carbonyl (C=O) groups is 1. The summed E-state index contributed by atoms with van der Waals surface area (Å²) in [5.74, 6) is -0.0591. The van der Waals surface area contributed by atoms with Gasteiger partial charge in [-0.05, 0) is 67.3 Å². The van der Waals surface area contributed by atoms with Gasteiger partial charge in [-0.2, -0.15) is 0 Å². The van der Waals surface area contributed by atoms with Crippen molar-refractivity contribution in [3.8, 4) is 0 Å². The molecule has 0 radical (unpaired) electrons. The minimum Gasteiger partial charge on any atom is -0.372 e. The van der Waals surface area contributed by atoms with Gasteiger partial charge < -0.3 is 4.90 Å². The van der Waals surface area contributed by atoms with Crippen LogP contribution < -0.4 is 4.90 Å². The minimum absolute atomic E-state index is 0.205. The molecule has 3 heteroatoms. The summed E-state index contributed by atoms with van der Waals surface area (Å²) in [5.41, 5.74) is 5.46. The Labute approximate surface area is 168 Å². The first kappa shape index (κ1) is 19.8. The minimum atomic E-state index is -0.264. The van der Waals surface area contributed by atoms with E-state index < -0.39 is 0 Å². The maximum Gasteiger partial charge on any atom is 0.149 e. The highest BCUT2D eigenvalue weighted by Crippen LogP contribution is 2.30. The predicted octanol–water partition coefficient (Wildman–Crippen LogP) is 5.18. The molecule has 3 rings (SSSR count). The van der Waals surface area contributed by atoms with E-state index in [9.17, 15) is 4.79 Å². The predicted molar refractivity (Wildman–Crippen MR) is 116 cm³/mol. The van der Waals surface area contributed by atoms with Gasteiger partial charge in [0.1, 0.15) is 5.78 Å². The highest BCUT2D eigenvalue weighted by Gasteiger charge is 2.24. The van der Waals surface area contributed by atoms with Gasteiger partial charge >= 0.3 is 0 Å². The number of carbonyl (C=O) groups excluding carboxylic acids is 1. The first-order chi connectivity index (χ1) is 13.6. The number of hydrogen-bond acceptors (Lipinski definition) is 3. The van der Waals surface area contributed by atoms with Gasteiger partial charge in [0.15, 0.2) is 0 Å². The summed E-state index contributed by atoms with van der Waals surface area (Å²) in [6.45, 7) is 8.33. The highest BCUT2D eigenvalue weighted by atomic mass is 16.1. The van der Waals surface area contributed by atoms with Crippen molar-refractivity contribution in [3.05, 3.63) is 95.3 Å². The van der Waals surface area contributed by atoms with Gasteiger partial charge in [-0.1, -0.05) is 36.4 Å². The monoisotopic (exact) mass is 372 g/mol. The average molecular weight is 373 g/mol. The van der Waals surface area contributed by atoms with E-state index in [1.54, 1.807) is 12.4 Å². The molecule has 1 unspecified atom stereocenters. The van der Waals surface area contributed by atoms with Crippen molar-refractivity contribution in [3.63, 3.8) is 0 Å². The van der Waals surface area contributed by atoms with E-state index in [-0.39, 0.29) is 11.7 Å². The summed E-state index contributed by atoms with van der Waals surface area (Å²) in [5, 5.41) is 0. The Morgan fingerprint density at radius 1 is 0.929 bits per heavy atom. The second-order valence-electron chi connectivity index (χ2n) is 7.05. The third-order valence-corrected chi connectivity index (χ3v) is 5.30. The lowest BCUT2D eigenvalue weighted by Gasteiger charge is -2.23. The maximum atomic E-state index is 13.4. The number of aryl methyl sites for hydroxylation is 1. The number of Topliss-reactive ketones (excluding diaryl/α,β-unsaturated/α-hetero) is 1. The Morgan fingerprint density at radius 3 is 2.18 bits per heavy atom. The Morgan fingerprint density at radius 2 is 1.57 bits per heavy atom. The third kappa shape index (κ3) is 4.48. The summed E-state index contributed by atoms with van der Waals surface area (Å²) >= 11 is 0. The molecule has 0 aliphatic carbocycles. The molecular weight excluding hydrogens is 344 g/mol. The molecule has 2 aromatic carbocycles. The number of nitrogens with zero attached hydrogens (tertiary/aromatic N) is 2. The topological polar surface area (TPSA) is 33.2 Å². The van der Waals surface area contributed by atoms with Crippen LogP contribution >= 0.6 is 0 Å². The summed E-state index contributed by atoms with van der Waals surface area (Å²) in [6, 6.07) is 20.5. The Bertz CT molecular complexity index is 899. The first-order valence-electron chi connectivity index (χ1n) is 9.96. The molecule has 1 atom stereocenters. The molecule has 1 heterocycles. The number of hydrogen-bond donors (Lipinski definition) is 0. The van der Waals surface area contributed by atoms with E-state index in [0.29, 0.717) is 6.42 Å². The zero-order chi connectivity index (χ0) is 19.9. The summed E-state index contributed by atoms with van der Waals surface area (Å²) < 4.78 is 0. The molecule has 0 amide bonds. The Kier molecular flexibility index (Phi) is 6.59. The molecule has 0 fully saturated rings. The van der Waals surface area contributed by atoms with E-state index in [1.807, 2.05) is 24.3 Å². The Balaban J connectivity index is 1.97. The van der Waals surface area contributed by atoms with E-state index in [1.165, 1.54) is 5.69 Å². The summed E-state index contributed by atoms with van der Waals surface area (Å²) in [6.07, 6.45) is 3.88. The van der Waals surface area contributed by atoms with Crippen molar-refractivity contribution >= 4 is 11.5 Å². The highest BCUT2D eigenvalue weighted by molar-refractivity contribution is 5.91. The van der Waals surface area contributed by atoms with Crippen LogP contribution in [0.5, 0.6) is 0 Å². The SMILES string of the molecule is CCN(CC)c1ccc(C(C(=O)Cc2ccncc2)c2ccccc2C)cc1. The standard InChI is InChI=1S/C25H28N2O/c1-4-27(5-2)22-12-10-21(11-13-22)25(23-9-7-6-8-19(23)3)24(28)18-20-14-16-26-17-15-20/h6-17,25H,4-5,18H2,1-3H3. The molecule has 0 N–H and O–H groups in total. The van der Waals surface area contributed by atoms with Crippen LogP contribution in [-0.4, -0.2) is 23.9 Å². The fourth-order valence-electron chi connectivity index (χ4n) is 3.72. The van der Waals surface area contributed by atoms with Crippen molar-refractivity contribution in [2.75, 3.05) is 18.0 Å². The lowest BCUT2D eigenvalue weighted by molar-refractivity contribution is -0.119. The average Bonchev–Trinajstić information content (AvgIpc) is 2.72. The van der Waals surface area contributed by atoms with Crippen LogP contribution in [0, 0.1) is 6.92 Å². The molecule has 0 aliphatic rings. The lowest BCUT2D eigenvalue weighted by Crippen LogP contribution is -2.22. The van der Waals surface area contributed by atoms with Gasteiger partial charge in [0.25, 0.3) is 0 Å². The van der Waals surface area contributed by atoms with E-state index in [2.05, 4.69) is 67.1 Å². The van der Waals surface area contributed by atoms with Gasteiger partial charge in [0.05, 0.1) is 5.92 Å². The van der Waals surface area contributed by atoms with Gasteiger partial charge in [-0.3, -0.25) is 9.78 Å². The van der Waals surface area contributed by atoms with Crippen LogP contribution in [0.25, 0.3) is 0 Å². The van der Waals surface area contributed by atoms with E-state index >= 15 is 0 Å². The zero-order valence-corrected chi connectivity index (χ0v) is 16.9. The summed E-state index contributed by atoms with van der Waals surface area (Å²) in [7, 11) is 0. The fraction of sp³-hybridized carbons (Fsp3) is 0.280. The van der Waals surface area contributed by atoms with Gasteiger partial charge in [-0.25, -0.2) is 0 Å². The maximum absolute atomic E-state index is 13.4. The van der Waals surface area contributed by atoms with Gasteiger partial charge in [-0.15, -0.1) is 0 Å². The van der Waals surface area contributed by atoms with Crippen molar-refractivity contribution in [1.82, 2.24) is 4.98 Å². The molecule has 144 valence electrons. The van der Waals surface area contributed by atoms with Crippen LogP contribution in [0.15, 0.2) is 73.1 Å². The van der Waals surface area contributed by atoms with Crippen molar-refractivity contribution in [2.45, 2.75) is 33.1 Å². The van der Waals surface area contributed by atoms with E-state index in [4.69, 9.17) is 0 Å². The molecule has 3 aromatic rings.